The molecule has 1 N–H and O–H groups in total. The fourth-order valence-electron chi connectivity index (χ4n) is 0.426. The van der Waals surface area contributed by atoms with Crippen molar-refractivity contribution in [3.63, 3.8) is 0 Å². The first kappa shape index (κ1) is 9.49. The van der Waals surface area contributed by atoms with Crippen molar-refractivity contribution in [2.45, 2.75) is 25.6 Å². The molecule has 2 unspecified atom stereocenters. The van der Waals surface area contributed by atoms with E-state index in [0.717, 1.165) is 0 Å². The molecule has 10 heavy (non-hydrogen) atoms. The van der Waals surface area contributed by atoms with Crippen LogP contribution in [0.15, 0.2) is 10.2 Å². The van der Waals surface area contributed by atoms with Crippen LogP contribution < -0.4 is 0 Å². The zero-order valence-corrected chi connectivity index (χ0v) is 6.50. The summed E-state index contributed by atoms with van der Waals surface area (Å²) in [5.41, 5.74) is -1.65. The van der Waals surface area contributed by atoms with E-state index in [9.17, 15) is 4.39 Å². The minimum atomic E-state index is -1.65. The Morgan fingerprint density at radius 2 is 2.20 bits per heavy atom. The Morgan fingerprint density at radius 3 is 2.50 bits per heavy atom. The summed E-state index contributed by atoms with van der Waals surface area (Å²) in [6, 6.07) is -0.581. The van der Waals surface area contributed by atoms with E-state index in [2.05, 4.69) is 10.2 Å². The summed E-state index contributed by atoms with van der Waals surface area (Å²) in [5, 5.41) is 15.5. The van der Waals surface area contributed by atoms with Crippen molar-refractivity contribution in [1.29, 1.82) is 0 Å². The van der Waals surface area contributed by atoms with E-state index in [1.165, 1.54) is 14.0 Å². The Hall–Kier alpha value is -0.510. The van der Waals surface area contributed by atoms with Crippen molar-refractivity contribution in [3.05, 3.63) is 0 Å². The highest BCUT2D eigenvalue weighted by Gasteiger charge is 2.29. The molecule has 0 aromatic heterocycles. The Morgan fingerprint density at radius 1 is 1.70 bits per heavy atom. The van der Waals surface area contributed by atoms with Crippen LogP contribution in [0.1, 0.15) is 13.8 Å². The lowest BCUT2D eigenvalue weighted by Crippen LogP contribution is -2.34. The number of halogens is 1. The first-order chi connectivity index (χ1) is 4.54. The van der Waals surface area contributed by atoms with Gasteiger partial charge in [0.25, 0.3) is 0 Å². The molecule has 0 fully saturated rings. The van der Waals surface area contributed by atoms with Crippen molar-refractivity contribution < 1.29 is 9.50 Å². The lowest BCUT2D eigenvalue weighted by atomic mass is 10.0. The van der Waals surface area contributed by atoms with Gasteiger partial charge in [-0.2, -0.15) is 10.2 Å². The second kappa shape index (κ2) is 3.61. The molecule has 0 radical (unpaired) electrons. The number of rotatable bonds is 3. The molecule has 0 aromatic carbocycles. The van der Waals surface area contributed by atoms with Crippen LogP contribution in [0.5, 0.6) is 0 Å². The number of azo groups is 1. The van der Waals surface area contributed by atoms with Crippen LogP contribution in [0, 0.1) is 0 Å². The molecule has 0 bridgehead atoms. The van der Waals surface area contributed by atoms with Gasteiger partial charge in [0.1, 0.15) is 6.04 Å². The zero-order chi connectivity index (χ0) is 8.20. The third-order valence-corrected chi connectivity index (χ3v) is 1.47. The molecule has 0 aliphatic carbocycles. The van der Waals surface area contributed by atoms with Gasteiger partial charge in [-0.15, -0.1) is 0 Å². The van der Waals surface area contributed by atoms with E-state index in [0.29, 0.717) is 0 Å². The maximum absolute atomic E-state index is 13.0. The van der Waals surface area contributed by atoms with Crippen LogP contribution >= 0.6 is 0 Å². The average Bonchev–Trinajstić information content (AvgIpc) is 1.89. The maximum atomic E-state index is 13.0. The molecule has 0 aliphatic rings. The highest BCUT2D eigenvalue weighted by molar-refractivity contribution is 4.83. The maximum Gasteiger partial charge on any atom is 0.154 e. The molecule has 2 atom stereocenters. The lowest BCUT2D eigenvalue weighted by molar-refractivity contribution is 0.0674. The number of hydrogen-bond donors (Lipinski definition) is 1. The quantitative estimate of drug-likeness (QED) is 0.600. The first-order valence-electron chi connectivity index (χ1n) is 3.13. The molecule has 0 saturated heterocycles. The van der Waals surface area contributed by atoms with Crippen molar-refractivity contribution >= 4 is 0 Å². The van der Waals surface area contributed by atoms with Crippen LogP contribution in [-0.4, -0.2) is 30.5 Å². The van der Waals surface area contributed by atoms with Gasteiger partial charge >= 0.3 is 0 Å². The fraction of sp³-hybridized carbons (Fsp3) is 1.00. The van der Waals surface area contributed by atoms with Gasteiger partial charge in [-0.25, -0.2) is 4.39 Å². The summed E-state index contributed by atoms with van der Waals surface area (Å²) >= 11 is 0. The van der Waals surface area contributed by atoms with Crippen LogP contribution in [0.3, 0.4) is 0 Å². The normalized spacial score (nSPS) is 20.9. The zero-order valence-electron chi connectivity index (χ0n) is 6.50. The number of aliphatic hydroxyl groups is 1. The highest BCUT2D eigenvalue weighted by atomic mass is 19.1. The van der Waals surface area contributed by atoms with Crippen LogP contribution in [0.25, 0.3) is 0 Å². The number of aliphatic hydroxyl groups excluding tert-OH is 1. The molecule has 0 amide bonds. The molecular formula is C6H13FN2O. The molecule has 0 saturated carbocycles. The second-order valence-corrected chi connectivity index (χ2v) is 2.43. The molecule has 0 aromatic rings. The van der Waals surface area contributed by atoms with E-state index in [1.807, 2.05) is 0 Å². The van der Waals surface area contributed by atoms with E-state index >= 15 is 0 Å². The van der Waals surface area contributed by atoms with Crippen molar-refractivity contribution in [3.8, 4) is 0 Å². The van der Waals surface area contributed by atoms with Gasteiger partial charge in [0.05, 0.1) is 6.61 Å². The molecule has 0 rings (SSSR count). The lowest BCUT2D eigenvalue weighted by Gasteiger charge is -2.20. The summed E-state index contributed by atoms with van der Waals surface area (Å²) in [5.74, 6) is 0. The fourth-order valence-corrected chi connectivity index (χ4v) is 0.426. The molecular weight excluding hydrogens is 135 g/mol. The minimum absolute atomic E-state index is 0.521. The standard InChI is InChI=1S/C6H13FN2O/c1-5(9-8-3)6(2,7)4-10/h5,10H,4H2,1-3H3. The monoisotopic (exact) mass is 148 g/mol. The Labute approximate surface area is 60.0 Å². The van der Waals surface area contributed by atoms with Crippen molar-refractivity contribution in [2.75, 3.05) is 13.7 Å². The number of hydrogen-bond acceptors (Lipinski definition) is 3. The highest BCUT2D eigenvalue weighted by Crippen LogP contribution is 2.17. The summed E-state index contributed by atoms with van der Waals surface area (Å²) < 4.78 is 13.0. The third-order valence-electron chi connectivity index (χ3n) is 1.47. The number of nitrogens with zero attached hydrogens (tertiary/aromatic N) is 2. The summed E-state index contributed by atoms with van der Waals surface area (Å²) in [6.45, 7) is 2.35. The van der Waals surface area contributed by atoms with Crippen LogP contribution in [0.4, 0.5) is 4.39 Å². The van der Waals surface area contributed by atoms with Gasteiger partial charge in [-0.05, 0) is 13.8 Å². The van der Waals surface area contributed by atoms with Crippen molar-refractivity contribution in [2.24, 2.45) is 10.2 Å². The third kappa shape index (κ3) is 2.39. The first-order valence-corrected chi connectivity index (χ1v) is 3.13. The SMILES string of the molecule is CN=NC(C)C(C)(F)CO. The predicted molar refractivity (Wildman–Crippen MR) is 36.8 cm³/mol. The van der Waals surface area contributed by atoms with E-state index in [1.54, 1.807) is 6.92 Å². The van der Waals surface area contributed by atoms with E-state index < -0.39 is 18.3 Å². The Balaban J connectivity index is 4.03. The largest absolute Gasteiger partial charge is 0.393 e. The number of alkyl halides is 1. The van der Waals surface area contributed by atoms with Crippen LogP contribution in [0.2, 0.25) is 0 Å². The topological polar surface area (TPSA) is 45.0 Å². The second-order valence-electron chi connectivity index (χ2n) is 2.43. The van der Waals surface area contributed by atoms with Gasteiger partial charge in [0.15, 0.2) is 5.67 Å². The smallest absolute Gasteiger partial charge is 0.154 e. The molecule has 0 spiro atoms. The van der Waals surface area contributed by atoms with Gasteiger partial charge in [0, 0.05) is 7.05 Å². The predicted octanol–water partition coefficient (Wildman–Crippen LogP) is 1.18. The minimum Gasteiger partial charge on any atom is -0.393 e. The van der Waals surface area contributed by atoms with Crippen LogP contribution in [-0.2, 0) is 0 Å². The Kier molecular flexibility index (Phi) is 3.42. The van der Waals surface area contributed by atoms with Gasteiger partial charge < -0.3 is 5.11 Å². The van der Waals surface area contributed by atoms with Gasteiger partial charge in [0.2, 0.25) is 0 Å². The molecule has 3 nitrogen and oxygen atoms in total. The molecule has 60 valence electrons. The van der Waals surface area contributed by atoms with Gasteiger partial charge in [-0.3, -0.25) is 0 Å². The molecule has 0 heterocycles. The van der Waals surface area contributed by atoms with E-state index in [-0.39, 0.29) is 0 Å². The van der Waals surface area contributed by atoms with Crippen molar-refractivity contribution in [1.82, 2.24) is 0 Å². The summed E-state index contributed by atoms with van der Waals surface area (Å²) in [6.07, 6.45) is 0. The molecule has 0 aliphatic heterocycles. The molecule has 4 heteroatoms. The average molecular weight is 148 g/mol. The summed E-state index contributed by atoms with van der Waals surface area (Å²) in [7, 11) is 1.48. The van der Waals surface area contributed by atoms with E-state index in [4.69, 9.17) is 5.11 Å². The Bertz CT molecular complexity index is 125. The van der Waals surface area contributed by atoms with Gasteiger partial charge in [-0.1, -0.05) is 0 Å². The summed E-state index contributed by atoms with van der Waals surface area (Å²) in [4.78, 5) is 0.